The molecule has 1 aromatic heterocycles. The number of benzene rings is 1. The highest BCUT2D eigenvalue weighted by Gasteiger charge is 2.28. The first-order valence-electron chi connectivity index (χ1n) is 6.70. The summed E-state index contributed by atoms with van der Waals surface area (Å²) in [5.74, 6) is 0.537. The SMILES string of the molecule is CC(C)c1c(O)c(C(C)(C)C)nn1-c1ccccc1. The highest BCUT2D eigenvalue weighted by molar-refractivity contribution is 5.44. The van der Waals surface area contributed by atoms with Gasteiger partial charge >= 0.3 is 0 Å². The molecule has 0 aliphatic carbocycles. The summed E-state index contributed by atoms with van der Waals surface area (Å²) >= 11 is 0. The molecule has 1 heterocycles. The molecule has 0 bridgehead atoms. The summed E-state index contributed by atoms with van der Waals surface area (Å²) in [7, 11) is 0. The highest BCUT2D eigenvalue weighted by atomic mass is 16.3. The first-order chi connectivity index (χ1) is 8.82. The van der Waals surface area contributed by atoms with Crippen LogP contribution in [0.2, 0.25) is 0 Å². The molecule has 0 aliphatic heterocycles. The predicted molar refractivity (Wildman–Crippen MR) is 78.0 cm³/mol. The third-order valence-corrected chi connectivity index (χ3v) is 3.15. The molecule has 0 saturated heterocycles. The Balaban J connectivity index is 2.68. The predicted octanol–water partition coefficient (Wildman–Crippen LogP) is 4.00. The van der Waals surface area contributed by atoms with E-state index in [2.05, 4.69) is 39.7 Å². The molecular formula is C16H22N2O. The van der Waals surface area contributed by atoms with Crippen LogP contribution in [0.15, 0.2) is 30.3 Å². The van der Waals surface area contributed by atoms with Crippen molar-refractivity contribution in [1.82, 2.24) is 9.78 Å². The average Bonchev–Trinajstić information content (AvgIpc) is 2.68. The molecule has 102 valence electrons. The van der Waals surface area contributed by atoms with Gasteiger partial charge in [0.05, 0.1) is 11.4 Å². The molecule has 0 saturated carbocycles. The monoisotopic (exact) mass is 258 g/mol. The first-order valence-corrected chi connectivity index (χ1v) is 6.70. The van der Waals surface area contributed by atoms with E-state index in [0.29, 0.717) is 5.75 Å². The Morgan fingerprint density at radius 1 is 1.11 bits per heavy atom. The molecule has 0 fully saturated rings. The molecule has 0 spiro atoms. The van der Waals surface area contributed by atoms with Gasteiger partial charge in [0, 0.05) is 5.41 Å². The van der Waals surface area contributed by atoms with Crippen molar-refractivity contribution in [3.63, 3.8) is 0 Å². The summed E-state index contributed by atoms with van der Waals surface area (Å²) in [6.45, 7) is 10.3. The first kappa shape index (κ1) is 13.7. The maximum Gasteiger partial charge on any atom is 0.161 e. The van der Waals surface area contributed by atoms with E-state index >= 15 is 0 Å². The smallest absolute Gasteiger partial charge is 0.161 e. The van der Waals surface area contributed by atoms with Crippen molar-refractivity contribution in [2.75, 3.05) is 0 Å². The topological polar surface area (TPSA) is 38.1 Å². The fourth-order valence-corrected chi connectivity index (χ4v) is 2.21. The van der Waals surface area contributed by atoms with Crippen LogP contribution in [0.4, 0.5) is 0 Å². The summed E-state index contributed by atoms with van der Waals surface area (Å²) in [4.78, 5) is 0. The largest absolute Gasteiger partial charge is 0.504 e. The Morgan fingerprint density at radius 3 is 2.16 bits per heavy atom. The fourth-order valence-electron chi connectivity index (χ4n) is 2.21. The molecule has 1 aromatic carbocycles. The normalized spacial score (nSPS) is 12.1. The number of para-hydroxylation sites is 1. The lowest BCUT2D eigenvalue weighted by atomic mass is 9.91. The third kappa shape index (κ3) is 2.50. The van der Waals surface area contributed by atoms with Crippen LogP contribution in [0.1, 0.15) is 51.9 Å². The number of hydrogen-bond acceptors (Lipinski definition) is 2. The fraction of sp³-hybridized carbons (Fsp3) is 0.438. The van der Waals surface area contributed by atoms with E-state index in [1.165, 1.54) is 0 Å². The second-order valence-corrected chi connectivity index (χ2v) is 6.23. The number of aromatic nitrogens is 2. The lowest BCUT2D eigenvalue weighted by Gasteiger charge is -2.15. The summed E-state index contributed by atoms with van der Waals surface area (Å²) in [6.07, 6.45) is 0. The lowest BCUT2D eigenvalue weighted by molar-refractivity contribution is 0.437. The standard InChI is InChI=1S/C16H22N2O/c1-11(2)13-14(19)15(16(3,4)5)17-18(13)12-9-7-6-8-10-12/h6-11,19H,1-5H3. The minimum Gasteiger partial charge on any atom is -0.504 e. The molecule has 2 rings (SSSR count). The molecule has 0 aliphatic rings. The second kappa shape index (κ2) is 4.72. The molecule has 1 N–H and O–H groups in total. The maximum atomic E-state index is 10.5. The molecule has 0 radical (unpaired) electrons. The zero-order chi connectivity index (χ0) is 14.2. The van der Waals surface area contributed by atoms with Crippen molar-refractivity contribution in [3.05, 3.63) is 41.7 Å². The van der Waals surface area contributed by atoms with E-state index in [4.69, 9.17) is 0 Å². The Labute approximate surface area is 114 Å². The van der Waals surface area contributed by atoms with Gasteiger partial charge in [0.1, 0.15) is 5.69 Å². The highest BCUT2D eigenvalue weighted by Crippen LogP contribution is 2.37. The molecule has 0 amide bonds. The number of rotatable bonds is 2. The van der Waals surface area contributed by atoms with Crippen LogP contribution in [0, 0.1) is 0 Å². The van der Waals surface area contributed by atoms with Gasteiger partial charge in [-0.3, -0.25) is 0 Å². The van der Waals surface area contributed by atoms with Crippen molar-refractivity contribution >= 4 is 0 Å². The van der Waals surface area contributed by atoms with Crippen molar-refractivity contribution in [3.8, 4) is 11.4 Å². The molecule has 3 heteroatoms. The Hall–Kier alpha value is -1.77. The van der Waals surface area contributed by atoms with Crippen molar-refractivity contribution in [1.29, 1.82) is 0 Å². The molecule has 19 heavy (non-hydrogen) atoms. The molecule has 0 unspecified atom stereocenters. The van der Waals surface area contributed by atoms with E-state index in [9.17, 15) is 5.11 Å². The van der Waals surface area contributed by atoms with Gasteiger partial charge in [0.2, 0.25) is 0 Å². The van der Waals surface area contributed by atoms with E-state index < -0.39 is 0 Å². The third-order valence-electron chi connectivity index (χ3n) is 3.15. The zero-order valence-electron chi connectivity index (χ0n) is 12.3. The van der Waals surface area contributed by atoms with Gasteiger partial charge in [-0.05, 0) is 18.1 Å². The van der Waals surface area contributed by atoms with Crippen molar-refractivity contribution < 1.29 is 5.11 Å². The zero-order valence-corrected chi connectivity index (χ0v) is 12.3. The van der Waals surface area contributed by atoms with Gasteiger partial charge in [-0.1, -0.05) is 52.8 Å². The maximum absolute atomic E-state index is 10.5. The minimum absolute atomic E-state index is 0.173. The second-order valence-electron chi connectivity index (χ2n) is 6.23. The molecule has 3 nitrogen and oxygen atoms in total. The van der Waals surface area contributed by atoms with Crippen LogP contribution in [0.5, 0.6) is 5.75 Å². The number of hydrogen-bond donors (Lipinski definition) is 1. The quantitative estimate of drug-likeness (QED) is 0.884. The molecule has 2 aromatic rings. The van der Waals surface area contributed by atoms with Crippen LogP contribution in [0.3, 0.4) is 0 Å². The van der Waals surface area contributed by atoms with Crippen LogP contribution in [0.25, 0.3) is 5.69 Å². The van der Waals surface area contributed by atoms with E-state index in [1.54, 1.807) is 0 Å². The van der Waals surface area contributed by atoms with Gasteiger partial charge in [-0.15, -0.1) is 0 Å². The number of nitrogens with zero attached hydrogens (tertiary/aromatic N) is 2. The minimum atomic E-state index is -0.173. The van der Waals surface area contributed by atoms with Crippen LogP contribution >= 0.6 is 0 Å². The van der Waals surface area contributed by atoms with Gasteiger partial charge in [0.25, 0.3) is 0 Å². The van der Waals surface area contributed by atoms with Crippen LogP contribution < -0.4 is 0 Å². The molecule has 0 atom stereocenters. The van der Waals surface area contributed by atoms with E-state index in [0.717, 1.165) is 17.1 Å². The lowest BCUT2D eigenvalue weighted by Crippen LogP contribution is -2.13. The van der Waals surface area contributed by atoms with Gasteiger partial charge in [-0.25, -0.2) is 4.68 Å². The Bertz CT molecular complexity index is 562. The van der Waals surface area contributed by atoms with Gasteiger partial charge in [-0.2, -0.15) is 5.10 Å². The van der Waals surface area contributed by atoms with Crippen molar-refractivity contribution in [2.45, 2.75) is 46.0 Å². The average molecular weight is 258 g/mol. The van der Waals surface area contributed by atoms with Crippen LogP contribution in [-0.2, 0) is 5.41 Å². The van der Waals surface area contributed by atoms with E-state index in [-0.39, 0.29) is 11.3 Å². The molecular weight excluding hydrogens is 236 g/mol. The van der Waals surface area contributed by atoms with Crippen molar-refractivity contribution in [2.24, 2.45) is 0 Å². The number of aromatic hydroxyl groups is 1. The summed E-state index contributed by atoms with van der Waals surface area (Å²) < 4.78 is 1.86. The Morgan fingerprint density at radius 2 is 1.68 bits per heavy atom. The van der Waals surface area contributed by atoms with Gasteiger partial charge in [0.15, 0.2) is 5.75 Å². The summed E-state index contributed by atoms with van der Waals surface area (Å²) in [5.41, 5.74) is 2.43. The van der Waals surface area contributed by atoms with Gasteiger partial charge < -0.3 is 5.11 Å². The summed E-state index contributed by atoms with van der Waals surface area (Å²) in [5, 5.41) is 15.1. The Kier molecular flexibility index (Phi) is 3.40. The van der Waals surface area contributed by atoms with Crippen LogP contribution in [-0.4, -0.2) is 14.9 Å². The van der Waals surface area contributed by atoms with E-state index in [1.807, 2.05) is 35.0 Å². The summed E-state index contributed by atoms with van der Waals surface area (Å²) in [6, 6.07) is 9.95.